The lowest BCUT2D eigenvalue weighted by molar-refractivity contribution is 0.0601. The Hall–Kier alpha value is -1.77. The summed E-state index contributed by atoms with van der Waals surface area (Å²) in [5.74, 6) is -0.301. The smallest absolute Gasteiger partial charge is 0.339 e. The Labute approximate surface area is 103 Å². The van der Waals surface area contributed by atoms with Gasteiger partial charge in [-0.25, -0.2) is 4.79 Å². The largest absolute Gasteiger partial charge is 0.465 e. The van der Waals surface area contributed by atoms with Crippen LogP contribution in [0.4, 0.5) is 5.69 Å². The van der Waals surface area contributed by atoms with Gasteiger partial charge in [-0.15, -0.1) is 0 Å². The number of allylic oxidation sites excluding steroid dienone is 1. The maximum atomic E-state index is 11.6. The van der Waals surface area contributed by atoms with Gasteiger partial charge in [-0.05, 0) is 26.0 Å². The average molecular weight is 233 g/mol. The molecule has 0 heterocycles. The Bertz CT molecular complexity index is 420. The molecule has 1 rings (SSSR count). The number of carbonyl (C=O) groups excluding carboxylic acids is 1. The standard InChI is InChI=1S/C14H19NO2/c1-11(2)9-10-15(3)13-8-6-5-7-12(13)14(16)17-4/h5-9H,10H2,1-4H3. The summed E-state index contributed by atoms with van der Waals surface area (Å²) >= 11 is 0. The summed E-state index contributed by atoms with van der Waals surface area (Å²) in [6.45, 7) is 4.89. The van der Waals surface area contributed by atoms with Gasteiger partial charge in [0.05, 0.1) is 18.4 Å². The Morgan fingerprint density at radius 2 is 2.00 bits per heavy atom. The average Bonchev–Trinajstić information content (AvgIpc) is 2.34. The topological polar surface area (TPSA) is 29.5 Å². The molecule has 3 nitrogen and oxygen atoms in total. The molecule has 92 valence electrons. The van der Waals surface area contributed by atoms with Gasteiger partial charge < -0.3 is 9.64 Å². The quantitative estimate of drug-likeness (QED) is 0.591. The molecule has 0 aromatic heterocycles. The summed E-state index contributed by atoms with van der Waals surface area (Å²) in [5, 5.41) is 0. The molecule has 0 bridgehead atoms. The lowest BCUT2D eigenvalue weighted by atomic mass is 10.1. The number of ether oxygens (including phenoxy) is 1. The third kappa shape index (κ3) is 3.63. The molecular formula is C14H19NO2. The fourth-order valence-electron chi connectivity index (χ4n) is 1.51. The number of rotatable bonds is 4. The molecule has 0 amide bonds. The van der Waals surface area contributed by atoms with Gasteiger partial charge in [0.1, 0.15) is 0 Å². The molecule has 3 heteroatoms. The number of benzene rings is 1. The lowest BCUT2D eigenvalue weighted by Crippen LogP contribution is -2.20. The molecule has 0 N–H and O–H groups in total. The molecular weight excluding hydrogens is 214 g/mol. The van der Waals surface area contributed by atoms with Gasteiger partial charge in [0.25, 0.3) is 0 Å². The van der Waals surface area contributed by atoms with Gasteiger partial charge in [-0.2, -0.15) is 0 Å². The number of methoxy groups -OCH3 is 1. The van der Waals surface area contributed by atoms with Crippen LogP contribution in [0.1, 0.15) is 24.2 Å². The van der Waals surface area contributed by atoms with Crippen LogP contribution in [-0.4, -0.2) is 26.7 Å². The Kier molecular flexibility index (Phi) is 4.76. The molecule has 0 aliphatic heterocycles. The van der Waals surface area contributed by atoms with Crippen LogP contribution < -0.4 is 4.90 Å². The molecule has 0 spiro atoms. The van der Waals surface area contributed by atoms with Crippen LogP contribution in [0.3, 0.4) is 0 Å². The van der Waals surface area contributed by atoms with Crippen molar-refractivity contribution in [1.82, 2.24) is 0 Å². The van der Waals surface area contributed by atoms with Crippen molar-refractivity contribution < 1.29 is 9.53 Å². The maximum absolute atomic E-state index is 11.6. The monoisotopic (exact) mass is 233 g/mol. The minimum absolute atomic E-state index is 0.301. The number of para-hydroxylation sites is 1. The molecule has 0 unspecified atom stereocenters. The van der Waals surface area contributed by atoms with Gasteiger partial charge >= 0.3 is 5.97 Å². The summed E-state index contributed by atoms with van der Waals surface area (Å²) in [7, 11) is 3.36. The SMILES string of the molecule is COC(=O)c1ccccc1N(C)CC=C(C)C. The normalized spacial score (nSPS) is 9.65. The van der Waals surface area contributed by atoms with E-state index in [2.05, 4.69) is 19.9 Å². The van der Waals surface area contributed by atoms with Crippen molar-refractivity contribution in [3.63, 3.8) is 0 Å². The third-order valence-electron chi connectivity index (χ3n) is 2.49. The summed E-state index contributed by atoms with van der Waals surface area (Å²) < 4.78 is 4.77. The summed E-state index contributed by atoms with van der Waals surface area (Å²) in [6, 6.07) is 7.45. The number of esters is 1. The van der Waals surface area contributed by atoms with Crippen LogP contribution in [0, 0.1) is 0 Å². The van der Waals surface area contributed by atoms with E-state index in [1.165, 1.54) is 12.7 Å². The number of anilines is 1. The van der Waals surface area contributed by atoms with Crippen LogP contribution in [0.5, 0.6) is 0 Å². The van der Waals surface area contributed by atoms with Crippen molar-refractivity contribution in [2.45, 2.75) is 13.8 Å². The lowest BCUT2D eigenvalue weighted by Gasteiger charge is -2.20. The molecule has 0 saturated carbocycles. The van der Waals surface area contributed by atoms with E-state index in [-0.39, 0.29) is 5.97 Å². The van der Waals surface area contributed by atoms with Gasteiger partial charge in [-0.1, -0.05) is 23.8 Å². The van der Waals surface area contributed by atoms with E-state index in [0.717, 1.165) is 12.2 Å². The second-order valence-electron chi connectivity index (χ2n) is 4.17. The van der Waals surface area contributed by atoms with Crippen molar-refractivity contribution in [1.29, 1.82) is 0 Å². The molecule has 0 saturated heterocycles. The van der Waals surface area contributed by atoms with Crippen LogP contribution in [0.25, 0.3) is 0 Å². The first-order chi connectivity index (χ1) is 8.06. The van der Waals surface area contributed by atoms with Gasteiger partial charge in [0.15, 0.2) is 0 Å². The predicted octanol–water partition coefficient (Wildman–Crippen LogP) is 2.88. The Balaban J connectivity index is 2.96. The highest BCUT2D eigenvalue weighted by molar-refractivity contribution is 5.95. The Morgan fingerprint density at radius 3 is 2.59 bits per heavy atom. The third-order valence-corrected chi connectivity index (χ3v) is 2.49. The molecule has 0 aliphatic carbocycles. The van der Waals surface area contributed by atoms with E-state index in [4.69, 9.17) is 4.74 Å². The number of nitrogens with zero attached hydrogens (tertiary/aromatic N) is 1. The number of likely N-dealkylation sites (N-methyl/N-ethyl adjacent to an activating group) is 1. The van der Waals surface area contributed by atoms with E-state index in [1.54, 1.807) is 6.07 Å². The number of carbonyl (C=O) groups is 1. The maximum Gasteiger partial charge on any atom is 0.339 e. The predicted molar refractivity (Wildman–Crippen MR) is 70.5 cm³/mol. The van der Waals surface area contributed by atoms with Gasteiger partial charge in [-0.3, -0.25) is 0 Å². The zero-order chi connectivity index (χ0) is 12.8. The fourth-order valence-corrected chi connectivity index (χ4v) is 1.51. The van der Waals surface area contributed by atoms with Crippen molar-refractivity contribution >= 4 is 11.7 Å². The van der Waals surface area contributed by atoms with Gasteiger partial charge in [0.2, 0.25) is 0 Å². The molecule has 1 aromatic rings. The molecule has 0 fully saturated rings. The second-order valence-corrected chi connectivity index (χ2v) is 4.17. The molecule has 0 atom stereocenters. The summed E-state index contributed by atoms with van der Waals surface area (Å²) in [5.41, 5.74) is 2.74. The summed E-state index contributed by atoms with van der Waals surface area (Å²) in [4.78, 5) is 13.6. The zero-order valence-electron chi connectivity index (χ0n) is 10.9. The first-order valence-electron chi connectivity index (χ1n) is 5.58. The fraction of sp³-hybridized carbons (Fsp3) is 0.357. The minimum Gasteiger partial charge on any atom is -0.465 e. The van der Waals surface area contributed by atoms with Crippen LogP contribution >= 0.6 is 0 Å². The number of hydrogen-bond acceptors (Lipinski definition) is 3. The second kappa shape index (κ2) is 6.09. The van der Waals surface area contributed by atoms with E-state index in [1.807, 2.05) is 30.1 Å². The van der Waals surface area contributed by atoms with E-state index < -0.39 is 0 Å². The first-order valence-corrected chi connectivity index (χ1v) is 5.58. The van der Waals surface area contributed by atoms with Crippen molar-refractivity contribution in [3.8, 4) is 0 Å². The molecule has 0 radical (unpaired) electrons. The Morgan fingerprint density at radius 1 is 1.35 bits per heavy atom. The first kappa shape index (κ1) is 13.3. The molecule has 17 heavy (non-hydrogen) atoms. The van der Waals surface area contributed by atoms with Crippen LogP contribution in [0.15, 0.2) is 35.9 Å². The van der Waals surface area contributed by atoms with Crippen molar-refractivity contribution in [3.05, 3.63) is 41.5 Å². The van der Waals surface area contributed by atoms with E-state index in [9.17, 15) is 4.79 Å². The highest BCUT2D eigenvalue weighted by atomic mass is 16.5. The molecule has 1 aromatic carbocycles. The minimum atomic E-state index is -0.301. The molecule has 0 aliphatic rings. The van der Waals surface area contributed by atoms with Crippen molar-refractivity contribution in [2.75, 3.05) is 25.6 Å². The highest BCUT2D eigenvalue weighted by Gasteiger charge is 2.13. The highest BCUT2D eigenvalue weighted by Crippen LogP contribution is 2.19. The number of hydrogen-bond donors (Lipinski definition) is 0. The van der Waals surface area contributed by atoms with Crippen molar-refractivity contribution in [2.24, 2.45) is 0 Å². The zero-order valence-corrected chi connectivity index (χ0v) is 10.9. The summed E-state index contributed by atoms with van der Waals surface area (Å²) in [6.07, 6.45) is 2.12. The van der Waals surface area contributed by atoms with Crippen LogP contribution in [0.2, 0.25) is 0 Å². The van der Waals surface area contributed by atoms with Gasteiger partial charge in [0, 0.05) is 13.6 Å². The van der Waals surface area contributed by atoms with E-state index >= 15 is 0 Å². The van der Waals surface area contributed by atoms with Crippen LogP contribution in [-0.2, 0) is 4.74 Å². The van der Waals surface area contributed by atoms with E-state index in [0.29, 0.717) is 5.56 Å².